The van der Waals surface area contributed by atoms with Crippen LogP contribution in [0.1, 0.15) is 20.7 Å². The molecule has 0 unspecified atom stereocenters. The summed E-state index contributed by atoms with van der Waals surface area (Å²) in [6.07, 6.45) is 0. The van der Waals surface area contributed by atoms with Crippen LogP contribution in [0.3, 0.4) is 0 Å². The van der Waals surface area contributed by atoms with Gasteiger partial charge in [0.15, 0.2) is 0 Å². The lowest BCUT2D eigenvalue weighted by Crippen LogP contribution is -2.46. The molecule has 0 bridgehead atoms. The molecule has 0 aliphatic heterocycles. The molecule has 39 heavy (non-hydrogen) atoms. The van der Waals surface area contributed by atoms with Crippen LogP contribution >= 0.6 is 7.56 Å². The van der Waals surface area contributed by atoms with Gasteiger partial charge in [-0.2, -0.15) is 10.2 Å². The van der Waals surface area contributed by atoms with Crippen LogP contribution in [0.2, 0.25) is 0 Å². The topological polar surface area (TPSA) is 58.2 Å². The van der Waals surface area contributed by atoms with Gasteiger partial charge in [-0.25, -0.2) is 0 Å². The molecule has 0 fully saturated rings. The summed E-state index contributed by atoms with van der Waals surface area (Å²) in [6, 6.07) is 46.6. The summed E-state index contributed by atoms with van der Waals surface area (Å²) in [5.41, 5.74) is 1.06. The number of rotatable bonds is 6. The number of hydrogen-bond donors (Lipinski definition) is 2. The molecule has 0 heterocycles. The van der Waals surface area contributed by atoms with E-state index in [1.54, 1.807) is 0 Å². The Morgan fingerprint density at radius 1 is 0.410 bits per heavy atom. The van der Waals surface area contributed by atoms with Crippen molar-refractivity contribution in [2.75, 3.05) is 0 Å². The summed E-state index contributed by atoms with van der Waals surface area (Å²) in [5.74, 6) is -0.499. The molecule has 6 rings (SSSR count). The van der Waals surface area contributed by atoms with Crippen molar-refractivity contribution in [3.63, 3.8) is 0 Å². The van der Waals surface area contributed by atoms with Crippen LogP contribution in [0.15, 0.2) is 146 Å². The number of fused-ring (bicyclic) bond motifs is 2. The van der Waals surface area contributed by atoms with Crippen molar-refractivity contribution < 1.29 is 9.59 Å². The molecule has 0 aromatic heterocycles. The number of benzene rings is 6. The number of hydrogen-bond acceptors (Lipinski definition) is 2. The van der Waals surface area contributed by atoms with E-state index in [1.165, 1.54) is 0 Å². The Morgan fingerprint density at radius 3 is 1.18 bits per heavy atom. The molecule has 188 valence electrons. The molecule has 2 amide bonds. The van der Waals surface area contributed by atoms with Gasteiger partial charge in [0.25, 0.3) is 19.4 Å². The predicted octanol–water partition coefficient (Wildman–Crippen LogP) is 6.65. The molecule has 5 heteroatoms. The molecular formula is C34H26N2O2P+. The van der Waals surface area contributed by atoms with E-state index in [0.29, 0.717) is 11.1 Å². The molecule has 0 saturated carbocycles. The molecule has 4 nitrogen and oxygen atoms in total. The van der Waals surface area contributed by atoms with Crippen LogP contribution in [0.25, 0.3) is 21.5 Å². The minimum Gasteiger partial charge on any atom is -0.266 e. The van der Waals surface area contributed by atoms with Crippen molar-refractivity contribution in [3.8, 4) is 0 Å². The Morgan fingerprint density at radius 2 is 0.769 bits per heavy atom. The highest BCUT2D eigenvalue weighted by molar-refractivity contribution is 7.87. The molecule has 0 aliphatic carbocycles. The van der Waals surface area contributed by atoms with Crippen LogP contribution in [0.4, 0.5) is 0 Å². The summed E-state index contributed by atoms with van der Waals surface area (Å²) in [7, 11) is -2.96. The molecule has 0 saturated heterocycles. The maximum Gasteiger partial charge on any atom is 0.285 e. The molecule has 6 aromatic rings. The van der Waals surface area contributed by atoms with Gasteiger partial charge in [-0.3, -0.25) is 9.59 Å². The third-order valence-corrected chi connectivity index (χ3v) is 10.1. The first-order valence-corrected chi connectivity index (χ1v) is 14.5. The second kappa shape index (κ2) is 10.5. The smallest absolute Gasteiger partial charge is 0.266 e. The minimum absolute atomic E-state index is 0.249. The summed E-state index contributed by atoms with van der Waals surface area (Å²) >= 11 is 0. The quantitative estimate of drug-likeness (QED) is 0.239. The molecule has 0 aliphatic rings. The second-order valence-electron chi connectivity index (χ2n) is 9.35. The van der Waals surface area contributed by atoms with Crippen LogP contribution in [-0.2, 0) is 0 Å². The van der Waals surface area contributed by atoms with Gasteiger partial charge >= 0.3 is 0 Å². The Labute approximate surface area is 227 Å². The highest BCUT2D eigenvalue weighted by atomic mass is 31.2. The van der Waals surface area contributed by atoms with Crippen LogP contribution < -0.4 is 20.8 Å². The van der Waals surface area contributed by atoms with Gasteiger partial charge in [-0.1, -0.05) is 97.1 Å². The minimum atomic E-state index is -2.96. The zero-order chi connectivity index (χ0) is 26.7. The normalized spacial score (nSPS) is 11.3. The van der Waals surface area contributed by atoms with Gasteiger partial charge < -0.3 is 0 Å². The lowest BCUT2D eigenvalue weighted by Gasteiger charge is -2.27. The first-order chi connectivity index (χ1) is 19.1. The number of amides is 2. The Balaban J connectivity index is 1.46. The Kier molecular flexibility index (Phi) is 6.62. The molecule has 0 spiro atoms. The standard InChI is InChI=1S/C34H25N2O2P/c37-33(29-21-19-25-11-7-9-13-27(25)23-29)35-39(31-15-3-1-4-16-31,32-17-5-2-6-18-32)36-34(38)30-22-20-26-12-8-10-14-28(26)24-30/h1-24H,(H-,35,36,37,38)/p+1. The number of nitrogens with one attached hydrogen (secondary N) is 2. The van der Waals surface area contributed by atoms with Gasteiger partial charge in [0, 0.05) is 11.1 Å². The van der Waals surface area contributed by atoms with Crippen molar-refractivity contribution in [3.05, 3.63) is 157 Å². The molecule has 0 radical (unpaired) electrons. The summed E-state index contributed by atoms with van der Waals surface area (Å²) in [4.78, 5) is 27.8. The largest absolute Gasteiger partial charge is 0.285 e. The SMILES string of the molecule is O=C(N[P+](NC(=O)c1ccc2ccccc2c1)(c1ccccc1)c1ccccc1)c1ccc2ccccc2c1. The van der Waals surface area contributed by atoms with Gasteiger partial charge in [0.2, 0.25) is 0 Å². The Hall–Kier alpha value is -4.79. The summed E-state index contributed by atoms with van der Waals surface area (Å²) in [6.45, 7) is 0. The molecule has 6 aromatic carbocycles. The van der Waals surface area contributed by atoms with Crippen molar-refractivity contribution in [1.82, 2.24) is 10.2 Å². The monoisotopic (exact) mass is 525 g/mol. The third kappa shape index (κ3) is 4.90. The second-order valence-corrected chi connectivity index (χ2v) is 12.2. The molecule has 0 atom stereocenters. The van der Waals surface area contributed by atoms with E-state index in [9.17, 15) is 9.59 Å². The van der Waals surface area contributed by atoms with Crippen LogP contribution in [-0.4, -0.2) is 11.8 Å². The van der Waals surface area contributed by atoms with E-state index < -0.39 is 7.56 Å². The van der Waals surface area contributed by atoms with E-state index in [2.05, 4.69) is 10.2 Å². The average molecular weight is 526 g/mol. The average Bonchev–Trinajstić information content (AvgIpc) is 3.01. The van der Waals surface area contributed by atoms with Crippen molar-refractivity contribution in [1.29, 1.82) is 0 Å². The van der Waals surface area contributed by atoms with Crippen LogP contribution in [0.5, 0.6) is 0 Å². The highest BCUT2D eigenvalue weighted by Gasteiger charge is 2.47. The van der Waals surface area contributed by atoms with Gasteiger partial charge in [-0.05, 0) is 70.1 Å². The highest BCUT2D eigenvalue weighted by Crippen LogP contribution is 2.48. The molecular weight excluding hydrogens is 499 g/mol. The fourth-order valence-electron chi connectivity index (χ4n) is 4.83. The lowest BCUT2D eigenvalue weighted by atomic mass is 10.1. The van der Waals surface area contributed by atoms with E-state index in [0.717, 1.165) is 32.2 Å². The van der Waals surface area contributed by atoms with Crippen molar-refractivity contribution in [2.24, 2.45) is 0 Å². The predicted molar refractivity (Wildman–Crippen MR) is 162 cm³/mol. The first kappa shape index (κ1) is 24.5. The van der Waals surface area contributed by atoms with Crippen LogP contribution in [0, 0.1) is 0 Å². The lowest BCUT2D eigenvalue weighted by molar-refractivity contribution is 0.0978. The summed E-state index contributed by atoms with van der Waals surface area (Å²) in [5, 5.41) is 12.4. The molecule has 2 N–H and O–H groups in total. The fourth-order valence-corrected chi connectivity index (χ4v) is 7.81. The zero-order valence-electron chi connectivity index (χ0n) is 21.1. The fraction of sp³-hybridized carbons (Fsp3) is 0. The van der Waals surface area contributed by atoms with E-state index in [-0.39, 0.29) is 11.8 Å². The van der Waals surface area contributed by atoms with Gasteiger partial charge in [0.1, 0.15) is 10.6 Å². The van der Waals surface area contributed by atoms with E-state index >= 15 is 0 Å². The first-order valence-electron chi connectivity index (χ1n) is 12.8. The zero-order valence-corrected chi connectivity index (χ0v) is 22.0. The van der Waals surface area contributed by atoms with Crippen molar-refractivity contribution in [2.45, 2.75) is 0 Å². The maximum atomic E-state index is 13.9. The van der Waals surface area contributed by atoms with Gasteiger partial charge in [0.05, 0.1) is 0 Å². The maximum absolute atomic E-state index is 13.9. The van der Waals surface area contributed by atoms with Crippen molar-refractivity contribution >= 4 is 51.5 Å². The number of carbonyl (C=O) groups is 2. The van der Waals surface area contributed by atoms with E-state index in [1.807, 2.05) is 146 Å². The number of carbonyl (C=O) groups excluding carboxylic acids is 2. The summed E-state index contributed by atoms with van der Waals surface area (Å²) < 4.78 is 0. The third-order valence-electron chi connectivity index (χ3n) is 6.85. The van der Waals surface area contributed by atoms with E-state index in [4.69, 9.17) is 0 Å². The Bertz CT molecular complexity index is 1670. The van der Waals surface area contributed by atoms with Gasteiger partial charge in [-0.15, -0.1) is 0 Å².